The summed E-state index contributed by atoms with van der Waals surface area (Å²) in [4.78, 5) is 0. The van der Waals surface area contributed by atoms with Gasteiger partial charge in [0.05, 0.1) is 0 Å². The fourth-order valence-corrected chi connectivity index (χ4v) is 1.30. The van der Waals surface area contributed by atoms with Crippen LogP contribution in [-0.2, 0) is 0 Å². The van der Waals surface area contributed by atoms with Gasteiger partial charge < -0.3 is 0 Å². The second-order valence-electron chi connectivity index (χ2n) is 2.97. The molecule has 0 aromatic rings. The maximum Gasteiger partial charge on any atom is 0.00659 e. The number of alkyl halides is 1. The Morgan fingerprint density at radius 2 is 1.90 bits per heavy atom. The van der Waals surface area contributed by atoms with Crippen LogP contribution in [0.15, 0.2) is 12.2 Å². The van der Waals surface area contributed by atoms with Crippen LogP contribution in [-0.4, -0.2) is 5.33 Å². The zero-order valence-corrected chi connectivity index (χ0v) is 7.94. The second kappa shape index (κ2) is 4.95. The van der Waals surface area contributed by atoms with E-state index in [1.54, 1.807) is 0 Å². The molecule has 1 heteroatoms. The Morgan fingerprint density at radius 1 is 1.20 bits per heavy atom. The van der Waals surface area contributed by atoms with Gasteiger partial charge in [-0.25, -0.2) is 0 Å². The van der Waals surface area contributed by atoms with Gasteiger partial charge in [-0.05, 0) is 25.2 Å². The van der Waals surface area contributed by atoms with Crippen molar-refractivity contribution in [3.63, 3.8) is 0 Å². The lowest BCUT2D eigenvalue weighted by molar-refractivity contribution is 0.740. The van der Waals surface area contributed by atoms with Gasteiger partial charge in [0.25, 0.3) is 0 Å². The number of rotatable bonds is 5. The van der Waals surface area contributed by atoms with E-state index in [1.807, 2.05) is 0 Å². The first-order chi connectivity index (χ1) is 4.93. The Kier molecular flexibility index (Phi) is 4.12. The minimum absolute atomic E-state index is 1.09. The highest BCUT2D eigenvalue weighted by Gasteiger charge is 2.19. The molecule has 0 aromatic heterocycles. The first-order valence-corrected chi connectivity index (χ1v) is 5.26. The van der Waals surface area contributed by atoms with Crippen LogP contribution in [0.25, 0.3) is 0 Å². The van der Waals surface area contributed by atoms with Crippen LogP contribution >= 0.6 is 15.9 Å². The smallest absolute Gasteiger partial charge is 0.00659 e. The van der Waals surface area contributed by atoms with Crippen molar-refractivity contribution in [2.75, 3.05) is 5.33 Å². The molecule has 0 spiro atoms. The van der Waals surface area contributed by atoms with Gasteiger partial charge in [-0.1, -0.05) is 40.9 Å². The monoisotopic (exact) mass is 202 g/mol. The number of hydrogen-bond donors (Lipinski definition) is 0. The molecule has 0 unspecified atom stereocenters. The van der Waals surface area contributed by atoms with E-state index < -0.39 is 0 Å². The molecule has 0 aliphatic heterocycles. The van der Waals surface area contributed by atoms with E-state index in [0.29, 0.717) is 0 Å². The highest BCUT2D eigenvalue weighted by Crippen LogP contribution is 2.33. The zero-order chi connectivity index (χ0) is 7.23. The van der Waals surface area contributed by atoms with Gasteiger partial charge in [-0.2, -0.15) is 0 Å². The first kappa shape index (κ1) is 8.32. The van der Waals surface area contributed by atoms with Gasteiger partial charge in [-0.3, -0.25) is 0 Å². The molecule has 10 heavy (non-hydrogen) atoms. The molecule has 58 valence electrons. The molecule has 0 saturated heterocycles. The average Bonchev–Trinajstić information content (AvgIpc) is 2.71. The van der Waals surface area contributed by atoms with E-state index in [9.17, 15) is 0 Å². The molecule has 0 radical (unpaired) electrons. The molecule has 0 nitrogen and oxygen atoms in total. The molecular formula is C9H15Br. The van der Waals surface area contributed by atoms with Crippen LogP contribution < -0.4 is 0 Å². The van der Waals surface area contributed by atoms with Gasteiger partial charge >= 0.3 is 0 Å². The molecule has 1 fully saturated rings. The summed E-state index contributed by atoms with van der Waals surface area (Å²) in [5.41, 5.74) is 0. The fourth-order valence-electron chi connectivity index (χ4n) is 1.04. The molecule has 0 bridgehead atoms. The van der Waals surface area contributed by atoms with Crippen molar-refractivity contribution in [2.24, 2.45) is 5.92 Å². The molecular weight excluding hydrogens is 188 g/mol. The minimum atomic E-state index is 1.09. The third-order valence-corrected chi connectivity index (χ3v) is 2.34. The van der Waals surface area contributed by atoms with Crippen LogP contribution in [0.5, 0.6) is 0 Å². The summed E-state index contributed by atoms with van der Waals surface area (Å²) in [5.74, 6) is 1.09. The average molecular weight is 203 g/mol. The zero-order valence-electron chi connectivity index (χ0n) is 6.35. The van der Waals surface area contributed by atoms with E-state index in [-0.39, 0.29) is 0 Å². The standard InChI is InChI=1S/C9H15Br/c10-8-4-2-1-3-5-9-6-7-9/h1-2,9H,3-8H2. The largest absolute Gasteiger partial charge is 0.0925 e. The van der Waals surface area contributed by atoms with Crippen molar-refractivity contribution < 1.29 is 0 Å². The summed E-state index contributed by atoms with van der Waals surface area (Å²) < 4.78 is 0. The van der Waals surface area contributed by atoms with E-state index in [4.69, 9.17) is 0 Å². The van der Waals surface area contributed by atoms with E-state index in [0.717, 1.165) is 11.2 Å². The summed E-state index contributed by atoms with van der Waals surface area (Å²) in [5, 5.41) is 1.10. The molecule has 1 aliphatic rings. The Bertz CT molecular complexity index is 103. The molecule has 1 aliphatic carbocycles. The quantitative estimate of drug-likeness (QED) is 0.473. The molecule has 1 saturated carbocycles. The molecule has 0 heterocycles. The Labute approximate surface area is 71.8 Å². The van der Waals surface area contributed by atoms with Gasteiger partial charge in [-0.15, -0.1) is 0 Å². The third-order valence-electron chi connectivity index (χ3n) is 1.88. The van der Waals surface area contributed by atoms with Crippen molar-refractivity contribution >= 4 is 15.9 Å². The van der Waals surface area contributed by atoms with Crippen molar-refractivity contribution in [1.29, 1.82) is 0 Å². The molecule has 0 aromatic carbocycles. The van der Waals surface area contributed by atoms with E-state index in [1.165, 1.54) is 32.1 Å². The van der Waals surface area contributed by atoms with Crippen molar-refractivity contribution in [1.82, 2.24) is 0 Å². The lowest BCUT2D eigenvalue weighted by atomic mass is 10.2. The van der Waals surface area contributed by atoms with Gasteiger partial charge in [0.2, 0.25) is 0 Å². The van der Waals surface area contributed by atoms with Crippen LogP contribution in [0.4, 0.5) is 0 Å². The van der Waals surface area contributed by atoms with Gasteiger partial charge in [0.1, 0.15) is 0 Å². The predicted octanol–water partition coefficient (Wildman–Crippen LogP) is 3.52. The molecule has 0 atom stereocenters. The summed E-state index contributed by atoms with van der Waals surface area (Å²) in [6, 6.07) is 0. The summed E-state index contributed by atoms with van der Waals surface area (Å²) in [6.45, 7) is 0. The van der Waals surface area contributed by atoms with Crippen LogP contribution in [0.2, 0.25) is 0 Å². The van der Waals surface area contributed by atoms with Crippen LogP contribution in [0, 0.1) is 5.92 Å². The van der Waals surface area contributed by atoms with Crippen LogP contribution in [0.3, 0.4) is 0 Å². The minimum Gasteiger partial charge on any atom is -0.0925 e. The third kappa shape index (κ3) is 4.10. The van der Waals surface area contributed by atoms with Gasteiger partial charge in [0.15, 0.2) is 0 Å². The Morgan fingerprint density at radius 3 is 2.50 bits per heavy atom. The van der Waals surface area contributed by atoms with Crippen molar-refractivity contribution in [3.8, 4) is 0 Å². The van der Waals surface area contributed by atoms with E-state index in [2.05, 4.69) is 28.1 Å². The fraction of sp³-hybridized carbons (Fsp3) is 0.778. The first-order valence-electron chi connectivity index (χ1n) is 4.14. The lowest BCUT2D eigenvalue weighted by Gasteiger charge is -1.88. The maximum absolute atomic E-state index is 3.39. The summed E-state index contributed by atoms with van der Waals surface area (Å²) in [7, 11) is 0. The van der Waals surface area contributed by atoms with E-state index >= 15 is 0 Å². The lowest BCUT2D eigenvalue weighted by Crippen LogP contribution is -1.73. The number of halogens is 1. The topological polar surface area (TPSA) is 0 Å². The van der Waals surface area contributed by atoms with Crippen molar-refractivity contribution in [2.45, 2.75) is 32.1 Å². The Hall–Kier alpha value is 0.220. The molecule has 0 amide bonds. The highest BCUT2D eigenvalue weighted by molar-refractivity contribution is 9.09. The predicted molar refractivity (Wildman–Crippen MR) is 49.5 cm³/mol. The summed E-state index contributed by atoms with van der Waals surface area (Å²) >= 11 is 3.39. The number of hydrogen-bond acceptors (Lipinski definition) is 0. The normalized spacial score (nSPS) is 18.5. The van der Waals surface area contributed by atoms with Crippen LogP contribution in [0.1, 0.15) is 32.1 Å². The number of allylic oxidation sites excluding steroid dienone is 2. The second-order valence-corrected chi connectivity index (χ2v) is 3.76. The highest BCUT2D eigenvalue weighted by atomic mass is 79.9. The summed E-state index contributed by atoms with van der Waals surface area (Å²) in [6.07, 6.45) is 11.5. The maximum atomic E-state index is 3.39. The molecule has 0 N–H and O–H groups in total. The SMILES string of the molecule is BrCCC=CCCC1CC1. The Balaban J connectivity index is 1.83. The van der Waals surface area contributed by atoms with Gasteiger partial charge in [0, 0.05) is 5.33 Å². The van der Waals surface area contributed by atoms with Crippen molar-refractivity contribution in [3.05, 3.63) is 12.2 Å². The molecule has 1 rings (SSSR count).